The third-order valence-corrected chi connectivity index (χ3v) is 3.00. The molecule has 0 aromatic heterocycles. The molecule has 0 heterocycles. The van der Waals surface area contributed by atoms with Crippen molar-refractivity contribution in [3.63, 3.8) is 0 Å². The first-order valence-corrected chi connectivity index (χ1v) is 6.62. The quantitative estimate of drug-likeness (QED) is 0.588. The van der Waals surface area contributed by atoms with E-state index in [1.54, 1.807) is 0 Å². The van der Waals surface area contributed by atoms with Gasteiger partial charge in [0.25, 0.3) is 0 Å². The van der Waals surface area contributed by atoms with Crippen LogP contribution in [0.25, 0.3) is 0 Å². The molecular weight excluding hydrogens is 222 g/mol. The fraction of sp³-hybridized carbons (Fsp3) is 0.500. The highest BCUT2D eigenvalue weighted by Gasteiger charge is 2.04. The second-order valence-electron chi connectivity index (χ2n) is 4.92. The first kappa shape index (κ1) is 14.8. The number of hydrogen-bond acceptors (Lipinski definition) is 2. The standard InChI is InChI=1S/C16H25NO/c1-6-7-17-10-13(3)11-18-16-9-12(2)8-14(4)15(16)5/h8-9,17H,3,6-7,10-11H2,1-2,4-5H3. The Labute approximate surface area is 111 Å². The van der Waals surface area contributed by atoms with Gasteiger partial charge in [-0.3, -0.25) is 0 Å². The summed E-state index contributed by atoms with van der Waals surface area (Å²) in [6.45, 7) is 14.9. The number of nitrogens with one attached hydrogen (secondary N) is 1. The summed E-state index contributed by atoms with van der Waals surface area (Å²) in [6.07, 6.45) is 1.14. The molecule has 100 valence electrons. The normalized spacial score (nSPS) is 10.4. The molecule has 0 spiro atoms. The summed E-state index contributed by atoms with van der Waals surface area (Å²) in [5.41, 5.74) is 4.82. The maximum atomic E-state index is 5.85. The third kappa shape index (κ3) is 4.53. The van der Waals surface area contributed by atoms with Crippen LogP contribution in [0.2, 0.25) is 0 Å². The summed E-state index contributed by atoms with van der Waals surface area (Å²) in [4.78, 5) is 0. The molecule has 0 unspecified atom stereocenters. The Morgan fingerprint density at radius 3 is 2.67 bits per heavy atom. The number of benzene rings is 1. The van der Waals surface area contributed by atoms with Gasteiger partial charge < -0.3 is 10.1 Å². The van der Waals surface area contributed by atoms with Crippen LogP contribution in [-0.4, -0.2) is 19.7 Å². The maximum Gasteiger partial charge on any atom is 0.123 e. The lowest BCUT2D eigenvalue weighted by Crippen LogP contribution is -2.20. The molecule has 18 heavy (non-hydrogen) atoms. The van der Waals surface area contributed by atoms with Crippen molar-refractivity contribution in [2.75, 3.05) is 19.7 Å². The molecule has 1 rings (SSSR count). The van der Waals surface area contributed by atoms with Gasteiger partial charge in [0.1, 0.15) is 12.4 Å². The Morgan fingerprint density at radius 1 is 1.28 bits per heavy atom. The van der Waals surface area contributed by atoms with E-state index in [9.17, 15) is 0 Å². The van der Waals surface area contributed by atoms with Crippen molar-refractivity contribution in [1.82, 2.24) is 5.32 Å². The second-order valence-corrected chi connectivity index (χ2v) is 4.92. The maximum absolute atomic E-state index is 5.85. The molecule has 0 radical (unpaired) electrons. The van der Waals surface area contributed by atoms with Crippen molar-refractivity contribution in [3.8, 4) is 5.75 Å². The molecule has 2 heteroatoms. The highest BCUT2D eigenvalue weighted by molar-refractivity contribution is 5.42. The van der Waals surface area contributed by atoms with Gasteiger partial charge in [-0.2, -0.15) is 0 Å². The summed E-state index contributed by atoms with van der Waals surface area (Å²) in [7, 11) is 0. The van der Waals surface area contributed by atoms with Gasteiger partial charge in [-0.25, -0.2) is 0 Å². The van der Waals surface area contributed by atoms with Gasteiger partial charge in [-0.05, 0) is 62.1 Å². The Bertz CT molecular complexity index is 410. The minimum absolute atomic E-state index is 0.584. The molecule has 0 atom stereocenters. The van der Waals surface area contributed by atoms with E-state index in [0.29, 0.717) is 6.61 Å². The Kier molecular flexibility index (Phi) is 5.93. The summed E-state index contributed by atoms with van der Waals surface area (Å²) in [6, 6.07) is 4.27. The van der Waals surface area contributed by atoms with E-state index in [-0.39, 0.29) is 0 Å². The van der Waals surface area contributed by atoms with E-state index in [2.05, 4.69) is 51.7 Å². The van der Waals surface area contributed by atoms with Gasteiger partial charge in [-0.1, -0.05) is 19.6 Å². The molecule has 0 saturated heterocycles. The van der Waals surface area contributed by atoms with Crippen LogP contribution in [0.15, 0.2) is 24.3 Å². The zero-order valence-electron chi connectivity index (χ0n) is 12.1. The van der Waals surface area contributed by atoms with E-state index >= 15 is 0 Å². The molecule has 1 aromatic rings. The summed E-state index contributed by atoms with van der Waals surface area (Å²) < 4.78 is 5.85. The van der Waals surface area contributed by atoms with Crippen molar-refractivity contribution in [1.29, 1.82) is 0 Å². The monoisotopic (exact) mass is 247 g/mol. The molecule has 0 bridgehead atoms. The van der Waals surface area contributed by atoms with Gasteiger partial charge in [0.05, 0.1) is 0 Å². The van der Waals surface area contributed by atoms with Crippen molar-refractivity contribution < 1.29 is 4.74 Å². The van der Waals surface area contributed by atoms with Crippen LogP contribution in [0.1, 0.15) is 30.0 Å². The molecule has 0 aliphatic heterocycles. The largest absolute Gasteiger partial charge is 0.489 e. The lowest BCUT2D eigenvalue weighted by molar-refractivity contribution is 0.345. The van der Waals surface area contributed by atoms with Gasteiger partial charge in [0.15, 0.2) is 0 Å². The second kappa shape index (κ2) is 7.22. The van der Waals surface area contributed by atoms with Crippen molar-refractivity contribution in [2.24, 2.45) is 0 Å². The fourth-order valence-electron chi connectivity index (χ4n) is 1.82. The van der Waals surface area contributed by atoms with E-state index in [0.717, 1.165) is 30.8 Å². The molecule has 0 fully saturated rings. The smallest absolute Gasteiger partial charge is 0.123 e. The van der Waals surface area contributed by atoms with E-state index in [4.69, 9.17) is 4.74 Å². The lowest BCUT2D eigenvalue weighted by atomic mass is 10.1. The fourth-order valence-corrected chi connectivity index (χ4v) is 1.82. The average molecular weight is 247 g/mol. The van der Waals surface area contributed by atoms with Crippen LogP contribution < -0.4 is 10.1 Å². The van der Waals surface area contributed by atoms with Crippen molar-refractivity contribution in [3.05, 3.63) is 41.0 Å². The third-order valence-electron chi connectivity index (χ3n) is 3.00. The zero-order chi connectivity index (χ0) is 13.5. The molecule has 2 nitrogen and oxygen atoms in total. The Balaban J connectivity index is 2.50. The van der Waals surface area contributed by atoms with Crippen molar-refractivity contribution in [2.45, 2.75) is 34.1 Å². The minimum Gasteiger partial charge on any atom is -0.489 e. The highest BCUT2D eigenvalue weighted by atomic mass is 16.5. The molecule has 0 saturated carbocycles. The average Bonchev–Trinajstić information content (AvgIpc) is 2.32. The van der Waals surface area contributed by atoms with Crippen LogP contribution in [0.3, 0.4) is 0 Å². The number of ether oxygens (including phenoxy) is 1. The van der Waals surface area contributed by atoms with Gasteiger partial charge in [0, 0.05) is 6.54 Å². The predicted octanol–water partition coefficient (Wildman–Crippen LogP) is 3.55. The van der Waals surface area contributed by atoms with E-state index in [1.165, 1.54) is 16.7 Å². The molecule has 0 aliphatic carbocycles. The highest BCUT2D eigenvalue weighted by Crippen LogP contribution is 2.23. The predicted molar refractivity (Wildman–Crippen MR) is 78.4 cm³/mol. The topological polar surface area (TPSA) is 21.3 Å². The first-order valence-electron chi connectivity index (χ1n) is 6.62. The van der Waals surface area contributed by atoms with Gasteiger partial charge >= 0.3 is 0 Å². The zero-order valence-corrected chi connectivity index (χ0v) is 12.1. The van der Waals surface area contributed by atoms with E-state index in [1.807, 2.05) is 0 Å². The van der Waals surface area contributed by atoms with Crippen molar-refractivity contribution >= 4 is 0 Å². The number of rotatable bonds is 7. The summed E-state index contributed by atoms with van der Waals surface area (Å²) in [5.74, 6) is 0.976. The van der Waals surface area contributed by atoms with Crippen LogP contribution >= 0.6 is 0 Å². The molecule has 0 amide bonds. The lowest BCUT2D eigenvalue weighted by Gasteiger charge is -2.14. The Hall–Kier alpha value is -1.28. The molecule has 1 N–H and O–H groups in total. The SMILES string of the molecule is C=C(CNCCC)COc1cc(C)cc(C)c1C. The molecule has 0 aliphatic rings. The summed E-state index contributed by atoms with van der Waals surface area (Å²) >= 11 is 0. The molecular formula is C16H25NO. The first-order chi connectivity index (χ1) is 8.54. The van der Waals surface area contributed by atoms with Gasteiger partial charge in [-0.15, -0.1) is 0 Å². The van der Waals surface area contributed by atoms with Crippen LogP contribution in [0.4, 0.5) is 0 Å². The van der Waals surface area contributed by atoms with Crippen LogP contribution in [0, 0.1) is 20.8 Å². The van der Waals surface area contributed by atoms with Gasteiger partial charge in [0.2, 0.25) is 0 Å². The van der Waals surface area contributed by atoms with Crippen LogP contribution in [0.5, 0.6) is 5.75 Å². The summed E-state index contributed by atoms with van der Waals surface area (Å²) in [5, 5.41) is 3.33. The number of hydrogen-bond donors (Lipinski definition) is 1. The minimum atomic E-state index is 0.584. The van der Waals surface area contributed by atoms with E-state index < -0.39 is 0 Å². The number of aryl methyl sites for hydroxylation is 2. The van der Waals surface area contributed by atoms with Crippen LogP contribution in [-0.2, 0) is 0 Å². The molecule has 1 aromatic carbocycles. The Morgan fingerprint density at radius 2 is 2.00 bits per heavy atom.